The molecule has 0 radical (unpaired) electrons. The van der Waals surface area contributed by atoms with Gasteiger partial charge in [0.05, 0.1) is 18.7 Å². The highest BCUT2D eigenvalue weighted by atomic mass is 16.6. The van der Waals surface area contributed by atoms with Crippen molar-refractivity contribution >= 4 is 17.8 Å². The van der Waals surface area contributed by atoms with E-state index in [2.05, 4.69) is 5.32 Å². The maximum absolute atomic E-state index is 12.5. The molecule has 1 saturated heterocycles. The molecule has 1 amide bonds. The molecule has 2 atom stereocenters. The van der Waals surface area contributed by atoms with Gasteiger partial charge >= 0.3 is 11.9 Å². The van der Waals surface area contributed by atoms with Gasteiger partial charge in [0.25, 0.3) is 0 Å². The predicted molar refractivity (Wildman–Crippen MR) is 103 cm³/mol. The summed E-state index contributed by atoms with van der Waals surface area (Å²) in [4.78, 5) is 36.1. The summed E-state index contributed by atoms with van der Waals surface area (Å²) in [5, 5.41) is 2.95. The smallest absolute Gasteiger partial charge is 0.347 e. The van der Waals surface area contributed by atoms with Gasteiger partial charge in [0.2, 0.25) is 12.0 Å². The normalized spacial score (nSPS) is 17.3. The van der Waals surface area contributed by atoms with E-state index in [1.54, 1.807) is 24.3 Å². The average molecular weight is 381 g/mol. The van der Waals surface area contributed by atoms with Crippen LogP contribution in [0.15, 0.2) is 54.6 Å². The maximum atomic E-state index is 12.5. The number of hydrogen-bond donors (Lipinski definition) is 1. The van der Waals surface area contributed by atoms with E-state index in [0.29, 0.717) is 12.0 Å². The van der Waals surface area contributed by atoms with Crippen LogP contribution in [-0.4, -0.2) is 31.1 Å². The van der Waals surface area contributed by atoms with Crippen molar-refractivity contribution < 1.29 is 23.9 Å². The van der Waals surface area contributed by atoms with Crippen molar-refractivity contribution in [3.63, 3.8) is 0 Å². The number of nitrogens with one attached hydrogen (secondary N) is 1. The quantitative estimate of drug-likeness (QED) is 0.778. The van der Waals surface area contributed by atoms with Crippen LogP contribution in [0, 0.1) is 0 Å². The van der Waals surface area contributed by atoms with Gasteiger partial charge in [0, 0.05) is 12.8 Å². The Kier molecular flexibility index (Phi) is 6.42. The molecule has 6 heteroatoms. The van der Waals surface area contributed by atoms with Gasteiger partial charge in [-0.3, -0.25) is 4.79 Å². The third-order valence-electron chi connectivity index (χ3n) is 4.76. The molecule has 2 aromatic carbocycles. The van der Waals surface area contributed by atoms with Crippen LogP contribution in [0.2, 0.25) is 0 Å². The number of carbonyl (C=O) groups is 3. The Morgan fingerprint density at radius 3 is 2.46 bits per heavy atom. The number of rotatable bonds is 6. The van der Waals surface area contributed by atoms with Gasteiger partial charge < -0.3 is 14.8 Å². The Balaban J connectivity index is 1.67. The number of hydrogen-bond acceptors (Lipinski definition) is 5. The number of ether oxygens (including phenoxy) is 2. The molecular weight excluding hydrogens is 358 g/mol. The zero-order valence-corrected chi connectivity index (χ0v) is 15.7. The molecule has 146 valence electrons. The molecule has 28 heavy (non-hydrogen) atoms. The SMILES string of the molecule is COC(=O)C(Cc1ccccc1)OC(=O)c1ccc(C2CCCC(=O)N2)cc1. The summed E-state index contributed by atoms with van der Waals surface area (Å²) in [6, 6.07) is 16.2. The Labute approximate surface area is 163 Å². The van der Waals surface area contributed by atoms with Gasteiger partial charge in [0.15, 0.2) is 0 Å². The lowest BCUT2D eigenvalue weighted by Crippen LogP contribution is -2.32. The van der Waals surface area contributed by atoms with E-state index < -0.39 is 18.0 Å². The molecule has 1 N–H and O–H groups in total. The summed E-state index contributed by atoms with van der Waals surface area (Å²) in [5.41, 5.74) is 2.15. The molecule has 2 aromatic rings. The topological polar surface area (TPSA) is 81.7 Å². The first-order valence-corrected chi connectivity index (χ1v) is 9.29. The van der Waals surface area contributed by atoms with Gasteiger partial charge in [-0.25, -0.2) is 9.59 Å². The van der Waals surface area contributed by atoms with Crippen LogP contribution in [-0.2, 0) is 25.5 Å². The lowest BCUT2D eigenvalue weighted by Gasteiger charge is -2.23. The third kappa shape index (κ3) is 4.97. The lowest BCUT2D eigenvalue weighted by atomic mass is 9.96. The number of amides is 1. The minimum atomic E-state index is -1.02. The zero-order valence-electron chi connectivity index (χ0n) is 15.7. The molecule has 6 nitrogen and oxygen atoms in total. The van der Waals surface area contributed by atoms with Crippen LogP contribution in [0.4, 0.5) is 0 Å². The maximum Gasteiger partial charge on any atom is 0.347 e. The van der Waals surface area contributed by atoms with Crippen molar-refractivity contribution in [2.24, 2.45) is 0 Å². The lowest BCUT2D eigenvalue weighted by molar-refractivity contribution is -0.150. The van der Waals surface area contributed by atoms with Crippen LogP contribution in [0.5, 0.6) is 0 Å². The summed E-state index contributed by atoms with van der Waals surface area (Å²) in [5.74, 6) is -1.15. The summed E-state index contributed by atoms with van der Waals surface area (Å²) >= 11 is 0. The first-order chi connectivity index (χ1) is 13.6. The van der Waals surface area contributed by atoms with Crippen molar-refractivity contribution in [1.29, 1.82) is 0 Å². The van der Waals surface area contributed by atoms with Crippen molar-refractivity contribution in [2.75, 3.05) is 7.11 Å². The molecule has 3 rings (SSSR count). The highest BCUT2D eigenvalue weighted by Gasteiger charge is 2.25. The molecule has 2 unspecified atom stereocenters. The van der Waals surface area contributed by atoms with E-state index >= 15 is 0 Å². The largest absolute Gasteiger partial charge is 0.466 e. The standard InChI is InChI=1S/C22H23NO5/c1-27-22(26)19(14-15-6-3-2-4-7-15)28-21(25)17-12-10-16(11-13-17)18-8-5-9-20(24)23-18/h2-4,6-7,10-13,18-19H,5,8-9,14H2,1H3,(H,23,24). The molecule has 0 aromatic heterocycles. The molecular formula is C22H23NO5. The third-order valence-corrected chi connectivity index (χ3v) is 4.76. The van der Waals surface area contributed by atoms with Crippen LogP contribution in [0.25, 0.3) is 0 Å². The highest BCUT2D eigenvalue weighted by molar-refractivity contribution is 5.91. The minimum absolute atomic E-state index is 0.0350. The minimum Gasteiger partial charge on any atom is -0.466 e. The Bertz CT molecular complexity index is 832. The Morgan fingerprint density at radius 2 is 1.82 bits per heavy atom. The first-order valence-electron chi connectivity index (χ1n) is 9.29. The molecule has 1 heterocycles. The van der Waals surface area contributed by atoms with Gasteiger partial charge in [-0.1, -0.05) is 42.5 Å². The molecule has 0 aliphatic carbocycles. The van der Waals surface area contributed by atoms with Crippen LogP contribution >= 0.6 is 0 Å². The zero-order chi connectivity index (χ0) is 19.9. The fourth-order valence-corrected chi connectivity index (χ4v) is 3.24. The molecule has 0 bridgehead atoms. The molecule has 1 aliphatic heterocycles. The van der Waals surface area contributed by atoms with Crippen LogP contribution < -0.4 is 5.32 Å². The summed E-state index contributed by atoms with van der Waals surface area (Å²) in [6.45, 7) is 0. The molecule has 1 aliphatic rings. The number of esters is 2. The predicted octanol–water partition coefficient (Wildman–Crippen LogP) is 2.97. The Hall–Kier alpha value is -3.15. The molecule has 0 spiro atoms. The molecule has 1 fully saturated rings. The summed E-state index contributed by atoms with van der Waals surface area (Å²) in [6.07, 6.45) is 1.50. The number of carbonyl (C=O) groups excluding carboxylic acids is 3. The number of methoxy groups -OCH3 is 1. The number of piperidine rings is 1. The average Bonchev–Trinajstić information content (AvgIpc) is 2.73. The van der Waals surface area contributed by atoms with Crippen molar-refractivity contribution in [3.8, 4) is 0 Å². The van der Waals surface area contributed by atoms with Crippen molar-refractivity contribution in [2.45, 2.75) is 37.8 Å². The highest BCUT2D eigenvalue weighted by Crippen LogP contribution is 2.24. The summed E-state index contributed by atoms with van der Waals surface area (Å²) in [7, 11) is 1.27. The van der Waals surface area contributed by atoms with Gasteiger partial charge in [-0.2, -0.15) is 0 Å². The molecule has 0 saturated carbocycles. The fraction of sp³-hybridized carbons (Fsp3) is 0.318. The van der Waals surface area contributed by atoms with Crippen LogP contribution in [0.1, 0.15) is 46.8 Å². The fourth-order valence-electron chi connectivity index (χ4n) is 3.24. The van der Waals surface area contributed by atoms with E-state index in [1.807, 2.05) is 30.3 Å². The van der Waals surface area contributed by atoms with Crippen LogP contribution in [0.3, 0.4) is 0 Å². The van der Waals surface area contributed by atoms with E-state index in [0.717, 1.165) is 24.0 Å². The van der Waals surface area contributed by atoms with E-state index in [9.17, 15) is 14.4 Å². The van der Waals surface area contributed by atoms with E-state index in [-0.39, 0.29) is 18.4 Å². The van der Waals surface area contributed by atoms with Crippen molar-refractivity contribution in [1.82, 2.24) is 5.32 Å². The first kappa shape index (κ1) is 19.6. The van der Waals surface area contributed by atoms with Crippen molar-refractivity contribution in [3.05, 3.63) is 71.3 Å². The van der Waals surface area contributed by atoms with E-state index in [1.165, 1.54) is 7.11 Å². The van der Waals surface area contributed by atoms with Gasteiger partial charge in [-0.15, -0.1) is 0 Å². The Morgan fingerprint density at radius 1 is 1.11 bits per heavy atom. The van der Waals surface area contributed by atoms with E-state index in [4.69, 9.17) is 9.47 Å². The van der Waals surface area contributed by atoms with Gasteiger partial charge in [0.1, 0.15) is 0 Å². The second-order valence-corrected chi connectivity index (χ2v) is 6.74. The second kappa shape index (κ2) is 9.17. The monoisotopic (exact) mass is 381 g/mol. The summed E-state index contributed by atoms with van der Waals surface area (Å²) < 4.78 is 10.2. The second-order valence-electron chi connectivity index (χ2n) is 6.74. The van der Waals surface area contributed by atoms with Gasteiger partial charge in [-0.05, 0) is 36.1 Å². The number of benzene rings is 2.